The molecule has 0 aliphatic carbocycles. The lowest BCUT2D eigenvalue weighted by molar-refractivity contribution is -0.146. The summed E-state index contributed by atoms with van der Waals surface area (Å²) in [6.07, 6.45) is 1.11. The number of carbonyl (C=O) groups is 2. The minimum Gasteiger partial charge on any atom is -0.464 e. The molecule has 0 fully saturated rings. The quantitative estimate of drug-likeness (QED) is 0.492. The van der Waals surface area contributed by atoms with Crippen LogP contribution in [0.15, 0.2) is 36.9 Å². The topological polar surface area (TPSA) is 66.8 Å². The van der Waals surface area contributed by atoms with Crippen molar-refractivity contribution in [3.8, 4) is 0 Å². The molecular formula is C14H15NO4. The van der Waals surface area contributed by atoms with Crippen molar-refractivity contribution < 1.29 is 19.4 Å². The lowest BCUT2D eigenvalue weighted by atomic mass is 10.1. The molecule has 0 radical (unpaired) electrons. The molecule has 1 amide bonds. The van der Waals surface area contributed by atoms with E-state index in [1.165, 1.54) is 0 Å². The van der Waals surface area contributed by atoms with E-state index >= 15 is 0 Å². The predicted octanol–water partition coefficient (Wildman–Crippen LogP) is 1.25. The Morgan fingerprint density at radius 2 is 2.21 bits per heavy atom. The van der Waals surface area contributed by atoms with E-state index in [0.717, 1.165) is 4.90 Å². The molecule has 1 atom stereocenters. The van der Waals surface area contributed by atoms with E-state index in [2.05, 4.69) is 6.58 Å². The fourth-order valence-electron chi connectivity index (χ4n) is 1.95. The van der Waals surface area contributed by atoms with E-state index in [0.29, 0.717) is 17.5 Å². The number of aliphatic hydroxyl groups is 1. The van der Waals surface area contributed by atoms with Gasteiger partial charge in [0.25, 0.3) is 5.91 Å². The van der Waals surface area contributed by atoms with Crippen LogP contribution >= 0.6 is 0 Å². The molecule has 1 unspecified atom stereocenters. The second-order valence-corrected chi connectivity index (χ2v) is 4.19. The first-order valence-electron chi connectivity index (χ1n) is 5.99. The van der Waals surface area contributed by atoms with Gasteiger partial charge in [0.1, 0.15) is 6.54 Å². The number of aliphatic hydroxyl groups excluding tert-OH is 1. The number of rotatable bonds is 5. The normalized spacial score (nSPS) is 17.2. The smallest absolute Gasteiger partial charge is 0.325 e. The summed E-state index contributed by atoms with van der Waals surface area (Å²) in [7, 11) is 0. The number of amides is 1. The summed E-state index contributed by atoms with van der Waals surface area (Å²) in [5.74, 6) is -0.897. The number of nitrogens with zero attached hydrogens (tertiary/aromatic N) is 1. The Morgan fingerprint density at radius 1 is 1.47 bits per heavy atom. The van der Waals surface area contributed by atoms with Crippen molar-refractivity contribution in [3.63, 3.8) is 0 Å². The Labute approximate surface area is 111 Å². The lowest BCUT2D eigenvalue weighted by Crippen LogP contribution is -2.34. The summed E-state index contributed by atoms with van der Waals surface area (Å²) < 4.78 is 4.92. The van der Waals surface area contributed by atoms with Gasteiger partial charge in [0.15, 0.2) is 6.23 Å². The van der Waals surface area contributed by atoms with Gasteiger partial charge in [-0.1, -0.05) is 24.3 Å². The minimum atomic E-state index is -1.09. The van der Waals surface area contributed by atoms with Crippen LogP contribution in [0.3, 0.4) is 0 Å². The number of carbonyl (C=O) groups excluding carboxylic acids is 2. The van der Waals surface area contributed by atoms with Crippen LogP contribution in [-0.2, 0) is 9.53 Å². The average Bonchev–Trinajstić information content (AvgIpc) is 2.65. The molecule has 0 spiro atoms. The van der Waals surface area contributed by atoms with Gasteiger partial charge < -0.3 is 9.84 Å². The van der Waals surface area contributed by atoms with Gasteiger partial charge in [0.2, 0.25) is 0 Å². The lowest BCUT2D eigenvalue weighted by Gasteiger charge is -2.19. The number of benzene rings is 1. The third kappa shape index (κ3) is 2.66. The molecule has 0 saturated carbocycles. The summed E-state index contributed by atoms with van der Waals surface area (Å²) in [6, 6.07) is 6.75. The van der Waals surface area contributed by atoms with Gasteiger partial charge in [-0.05, 0) is 12.5 Å². The molecule has 0 bridgehead atoms. The van der Waals surface area contributed by atoms with Crippen LogP contribution in [0.5, 0.6) is 0 Å². The molecule has 100 valence electrons. The summed E-state index contributed by atoms with van der Waals surface area (Å²) in [5, 5.41) is 10.0. The second kappa shape index (κ2) is 5.67. The summed E-state index contributed by atoms with van der Waals surface area (Å²) in [5.41, 5.74) is 0.945. The molecule has 19 heavy (non-hydrogen) atoms. The number of esters is 1. The van der Waals surface area contributed by atoms with Crippen LogP contribution in [-0.4, -0.2) is 35.0 Å². The molecule has 1 aromatic carbocycles. The van der Waals surface area contributed by atoms with Crippen molar-refractivity contribution in [1.29, 1.82) is 0 Å². The number of hydrogen-bond donors (Lipinski definition) is 1. The Kier molecular flexibility index (Phi) is 3.97. The first-order valence-corrected chi connectivity index (χ1v) is 5.99. The highest BCUT2D eigenvalue weighted by Gasteiger charge is 2.36. The Hall–Kier alpha value is -2.14. The highest BCUT2D eigenvalue weighted by Crippen LogP contribution is 2.30. The second-order valence-electron chi connectivity index (χ2n) is 4.19. The summed E-state index contributed by atoms with van der Waals surface area (Å²) in [6.45, 7) is 3.49. The molecule has 0 aromatic heterocycles. The van der Waals surface area contributed by atoms with Crippen LogP contribution in [0.25, 0.3) is 0 Å². The maximum absolute atomic E-state index is 12.0. The fraction of sp³-hybridized carbons (Fsp3) is 0.286. The zero-order valence-electron chi connectivity index (χ0n) is 10.4. The Bertz CT molecular complexity index is 512. The molecule has 5 heteroatoms. The fourth-order valence-corrected chi connectivity index (χ4v) is 1.95. The highest BCUT2D eigenvalue weighted by molar-refractivity contribution is 6.00. The van der Waals surface area contributed by atoms with Crippen LogP contribution in [0.4, 0.5) is 0 Å². The third-order valence-electron chi connectivity index (χ3n) is 2.91. The molecule has 1 aliphatic heterocycles. The van der Waals surface area contributed by atoms with Crippen molar-refractivity contribution in [2.24, 2.45) is 0 Å². The first-order chi connectivity index (χ1) is 9.15. The van der Waals surface area contributed by atoms with Crippen LogP contribution in [0, 0.1) is 0 Å². The van der Waals surface area contributed by atoms with Crippen LogP contribution in [0.2, 0.25) is 0 Å². The zero-order chi connectivity index (χ0) is 13.8. The Balaban J connectivity index is 2.02. The maximum Gasteiger partial charge on any atom is 0.325 e. The molecule has 1 N–H and O–H groups in total. The van der Waals surface area contributed by atoms with E-state index in [1.807, 2.05) is 0 Å². The van der Waals surface area contributed by atoms with Gasteiger partial charge in [-0.2, -0.15) is 0 Å². The molecule has 1 heterocycles. The van der Waals surface area contributed by atoms with Crippen molar-refractivity contribution >= 4 is 11.9 Å². The Morgan fingerprint density at radius 3 is 2.89 bits per heavy atom. The molecule has 0 saturated heterocycles. The minimum absolute atomic E-state index is 0.230. The highest BCUT2D eigenvalue weighted by atomic mass is 16.5. The van der Waals surface area contributed by atoms with E-state index < -0.39 is 12.2 Å². The van der Waals surface area contributed by atoms with E-state index in [-0.39, 0.29) is 19.1 Å². The van der Waals surface area contributed by atoms with Crippen molar-refractivity contribution in [2.45, 2.75) is 12.6 Å². The summed E-state index contributed by atoms with van der Waals surface area (Å²) >= 11 is 0. The molecule has 5 nitrogen and oxygen atoms in total. The van der Waals surface area contributed by atoms with Gasteiger partial charge in [0, 0.05) is 11.1 Å². The molecular weight excluding hydrogens is 246 g/mol. The van der Waals surface area contributed by atoms with Crippen molar-refractivity contribution in [1.82, 2.24) is 4.90 Å². The SMILES string of the molecule is C=CCCOC(=O)CN1C(=O)c2ccccc2C1O. The van der Waals surface area contributed by atoms with E-state index in [4.69, 9.17) is 4.74 Å². The summed E-state index contributed by atoms with van der Waals surface area (Å²) in [4.78, 5) is 24.7. The largest absolute Gasteiger partial charge is 0.464 e. The van der Waals surface area contributed by atoms with Gasteiger partial charge in [-0.15, -0.1) is 6.58 Å². The number of ether oxygens (including phenoxy) is 1. The van der Waals surface area contributed by atoms with Crippen molar-refractivity contribution in [2.75, 3.05) is 13.2 Å². The number of hydrogen-bond acceptors (Lipinski definition) is 4. The molecule has 1 aliphatic rings. The zero-order valence-corrected chi connectivity index (χ0v) is 10.4. The standard InChI is InChI=1S/C14H15NO4/c1-2-3-8-19-12(16)9-15-13(17)10-6-4-5-7-11(10)14(15)18/h2,4-7,13,17H,1,3,8-9H2. The third-order valence-corrected chi connectivity index (χ3v) is 2.91. The monoisotopic (exact) mass is 261 g/mol. The van der Waals surface area contributed by atoms with Gasteiger partial charge in [-0.25, -0.2) is 0 Å². The van der Waals surface area contributed by atoms with Crippen LogP contribution in [0.1, 0.15) is 28.6 Å². The van der Waals surface area contributed by atoms with Gasteiger partial charge in [-0.3, -0.25) is 14.5 Å². The molecule has 2 rings (SSSR count). The first kappa shape index (κ1) is 13.3. The number of fused-ring (bicyclic) bond motifs is 1. The van der Waals surface area contributed by atoms with Crippen LogP contribution < -0.4 is 0 Å². The maximum atomic E-state index is 12.0. The molecule has 1 aromatic rings. The van der Waals surface area contributed by atoms with Gasteiger partial charge in [0.05, 0.1) is 6.61 Å². The van der Waals surface area contributed by atoms with Crippen molar-refractivity contribution in [3.05, 3.63) is 48.0 Å². The van der Waals surface area contributed by atoms with E-state index in [9.17, 15) is 14.7 Å². The predicted molar refractivity (Wildman–Crippen MR) is 68.2 cm³/mol. The van der Waals surface area contributed by atoms with Gasteiger partial charge >= 0.3 is 5.97 Å². The average molecular weight is 261 g/mol. The van der Waals surface area contributed by atoms with E-state index in [1.54, 1.807) is 30.3 Å².